The van der Waals surface area contributed by atoms with Crippen molar-refractivity contribution in [2.75, 3.05) is 0 Å². The van der Waals surface area contributed by atoms with Crippen molar-refractivity contribution in [3.05, 3.63) is 231 Å². The van der Waals surface area contributed by atoms with E-state index in [-0.39, 0.29) is 0 Å². The minimum Gasteiger partial charge on any atom is -0.309 e. The molecule has 0 unspecified atom stereocenters. The maximum Gasteiger partial charge on any atom is 0.0619 e. The smallest absolute Gasteiger partial charge is 0.0619 e. The predicted molar refractivity (Wildman–Crippen MR) is 271 cm³/mol. The second-order valence-corrected chi connectivity index (χ2v) is 17.2. The van der Waals surface area contributed by atoms with Gasteiger partial charge in [-0.25, -0.2) is 0 Å². The van der Waals surface area contributed by atoms with E-state index in [9.17, 15) is 0 Å². The van der Waals surface area contributed by atoms with Gasteiger partial charge >= 0.3 is 0 Å². The van der Waals surface area contributed by atoms with E-state index in [0.29, 0.717) is 0 Å². The molecule has 0 bridgehead atoms. The van der Waals surface area contributed by atoms with E-state index in [1.54, 1.807) is 0 Å². The van der Waals surface area contributed by atoms with Crippen LogP contribution in [0, 0.1) is 0 Å². The number of benzene rings is 11. The Hall–Kier alpha value is -8.46. The van der Waals surface area contributed by atoms with Gasteiger partial charge in [-0.1, -0.05) is 170 Å². The summed E-state index contributed by atoms with van der Waals surface area (Å²) in [4.78, 5) is 0. The Morgan fingerprint density at radius 2 is 0.781 bits per heavy atom. The van der Waals surface area contributed by atoms with Crippen LogP contribution in [0.1, 0.15) is 0 Å². The molecule has 0 amide bonds. The van der Waals surface area contributed by atoms with Crippen LogP contribution in [0.2, 0.25) is 0 Å². The van der Waals surface area contributed by atoms with E-state index in [2.05, 4.69) is 240 Å². The molecule has 2 aromatic heterocycles. The molecule has 0 atom stereocenters. The number of rotatable bonds is 5. The van der Waals surface area contributed by atoms with E-state index >= 15 is 0 Å². The third-order valence-electron chi connectivity index (χ3n) is 13.9. The van der Waals surface area contributed by atoms with Crippen molar-refractivity contribution in [3.63, 3.8) is 0 Å². The van der Waals surface area contributed by atoms with Gasteiger partial charge in [-0.05, 0) is 132 Å². The van der Waals surface area contributed by atoms with Gasteiger partial charge in [0.25, 0.3) is 0 Å². The zero-order chi connectivity index (χ0) is 41.9. The van der Waals surface area contributed by atoms with Gasteiger partial charge < -0.3 is 9.13 Å². The molecule has 0 fully saturated rings. The fourth-order valence-corrected chi connectivity index (χ4v) is 11.0. The molecule has 14 rings (SSSR count). The van der Waals surface area contributed by atoms with E-state index in [1.807, 2.05) is 0 Å². The van der Waals surface area contributed by atoms with Gasteiger partial charge in [-0.2, -0.15) is 0 Å². The minimum atomic E-state index is 1.14. The van der Waals surface area contributed by atoms with Crippen molar-refractivity contribution >= 4 is 65.2 Å². The van der Waals surface area contributed by atoms with Gasteiger partial charge in [-0.15, -0.1) is 0 Å². The SMILES string of the molecule is c1ccc(-n2c3ccccc3c3cc(-c4ccc5c(c4)c4ccc6ccccc6c4n5-c4ccc(-c5cccc(-c6ccc7c8c(cccc68)-c6ccccc6-7)c5)cc4)ccc32)cc1. The molecule has 0 radical (unpaired) electrons. The third kappa shape index (κ3) is 5.08. The molecule has 2 heterocycles. The summed E-state index contributed by atoms with van der Waals surface area (Å²) in [5.74, 6) is 0. The van der Waals surface area contributed by atoms with Crippen LogP contribution in [0.3, 0.4) is 0 Å². The summed E-state index contributed by atoms with van der Waals surface area (Å²) in [7, 11) is 0. The molecule has 0 saturated heterocycles. The van der Waals surface area contributed by atoms with Crippen LogP contribution in [0.25, 0.3) is 132 Å². The summed E-state index contributed by atoms with van der Waals surface area (Å²) in [6, 6.07) is 85.2. The predicted octanol–water partition coefficient (Wildman–Crippen LogP) is 16.8. The molecule has 11 aromatic carbocycles. The largest absolute Gasteiger partial charge is 0.309 e. The molecule has 1 aliphatic carbocycles. The van der Waals surface area contributed by atoms with Crippen LogP contribution in [-0.2, 0) is 0 Å². The second kappa shape index (κ2) is 13.5. The summed E-state index contributed by atoms with van der Waals surface area (Å²) in [5, 5.41) is 10.2. The fourth-order valence-electron chi connectivity index (χ4n) is 11.0. The van der Waals surface area contributed by atoms with E-state index in [0.717, 1.165) is 5.69 Å². The Morgan fingerprint density at radius 3 is 1.59 bits per heavy atom. The first kappa shape index (κ1) is 35.2. The second-order valence-electron chi connectivity index (χ2n) is 17.2. The lowest BCUT2D eigenvalue weighted by molar-refractivity contribution is 1.18. The van der Waals surface area contributed by atoms with Crippen LogP contribution < -0.4 is 0 Å². The molecule has 296 valence electrons. The van der Waals surface area contributed by atoms with Gasteiger partial charge in [0.15, 0.2) is 0 Å². The average molecular weight is 811 g/mol. The van der Waals surface area contributed by atoms with Crippen molar-refractivity contribution in [2.45, 2.75) is 0 Å². The molecule has 1 aliphatic rings. The summed E-state index contributed by atoms with van der Waals surface area (Å²) >= 11 is 0. The van der Waals surface area contributed by atoms with Gasteiger partial charge in [0.1, 0.15) is 0 Å². The standard InChI is InChI=1S/C62H38N2/c1-2-15-45(16-3-1)63-58-23-9-8-20-51(58)56-37-42(27-34-59(56)63)43-28-35-60-57(38-43)55-31-26-40-12-4-5-17-48(40)62(55)64(60)46-29-24-39(25-30-46)41-13-10-14-44(36-41)47-32-33-54-50-19-7-6-18-49(50)53-22-11-21-52(47)61(53)54/h1-38H. The van der Waals surface area contributed by atoms with Gasteiger partial charge in [0.2, 0.25) is 0 Å². The highest BCUT2D eigenvalue weighted by molar-refractivity contribution is 6.20. The molecule has 13 aromatic rings. The highest BCUT2D eigenvalue weighted by Gasteiger charge is 2.23. The van der Waals surface area contributed by atoms with Crippen molar-refractivity contribution in [1.82, 2.24) is 9.13 Å². The molecular formula is C62H38N2. The molecule has 0 saturated carbocycles. The van der Waals surface area contributed by atoms with Gasteiger partial charge in [0, 0.05) is 38.3 Å². The van der Waals surface area contributed by atoms with Crippen LogP contribution in [0.5, 0.6) is 0 Å². The lowest BCUT2D eigenvalue weighted by Gasteiger charge is -2.13. The normalized spacial score (nSPS) is 12.1. The first-order chi connectivity index (χ1) is 31.7. The molecule has 0 N–H and O–H groups in total. The maximum atomic E-state index is 2.47. The summed E-state index contributed by atoms with van der Waals surface area (Å²) in [6.07, 6.45) is 0. The van der Waals surface area contributed by atoms with Crippen LogP contribution >= 0.6 is 0 Å². The van der Waals surface area contributed by atoms with Crippen LogP contribution in [-0.4, -0.2) is 9.13 Å². The highest BCUT2D eigenvalue weighted by atomic mass is 15.0. The van der Waals surface area contributed by atoms with Gasteiger partial charge in [0.05, 0.1) is 22.1 Å². The Labute approximate surface area is 370 Å². The van der Waals surface area contributed by atoms with E-state index < -0.39 is 0 Å². The summed E-state index contributed by atoms with van der Waals surface area (Å²) in [5.41, 5.74) is 19.8. The van der Waals surface area contributed by atoms with Crippen molar-refractivity contribution < 1.29 is 0 Å². The Kier molecular flexibility index (Phi) is 7.43. The van der Waals surface area contributed by atoms with Crippen molar-refractivity contribution in [1.29, 1.82) is 0 Å². The maximum absolute atomic E-state index is 2.47. The lowest BCUT2D eigenvalue weighted by atomic mass is 9.92. The van der Waals surface area contributed by atoms with E-state index in [4.69, 9.17) is 0 Å². The first-order valence-corrected chi connectivity index (χ1v) is 22.2. The third-order valence-corrected chi connectivity index (χ3v) is 13.9. The molecule has 2 nitrogen and oxygen atoms in total. The Bertz CT molecular complexity index is 4020. The topological polar surface area (TPSA) is 9.86 Å². The monoisotopic (exact) mass is 810 g/mol. The van der Waals surface area contributed by atoms with Crippen LogP contribution in [0.4, 0.5) is 0 Å². The van der Waals surface area contributed by atoms with Crippen LogP contribution in [0.15, 0.2) is 231 Å². The van der Waals surface area contributed by atoms with E-state index in [1.165, 1.54) is 126 Å². The number of hydrogen-bond donors (Lipinski definition) is 0. The minimum absolute atomic E-state index is 1.14. The number of hydrogen-bond acceptors (Lipinski definition) is 0. The summed E-state index contributed by atoms with van der Waals surface area (Å²) < 4.78 is 4.85. The zero-order valence-electron chi connectivity index (χ0n) is 34.8. The Morgan fingerprint density at radius 1 is 0.234 bits per heavy atom. The Balaban J connectivity index is 0.881. The van der Waals surface area contributed by atoms with Crippen molar-refractivity contribution in [3.8, 4) is 67.0 Å². The molecule has 0 spiro atoms. The molecule has 2 heteroatoms. The molecule has 0 aliphatic heterocycles. The molecule has 64 heavy (non-hydrogen) atoms. The molecular weight excluding hydrogens is 773 g/mol. The fraction of sp³-hybridized carbons (Fsp3) is 0. The number of aromatic nitrogens is 2. The van der Waals surface area contributed by atoms with Gasteiger partial charge in [-0.3, -0.25) is 0 Å². The number of para-hydroxylation sites is 2. The number of fused-ring (bicyclic) bond motifs is 11. The first-order valence-electron chi connectivity index (χ1n) is 22.2. The summed E-state index contributed by atoms with van der Waals surface area (Å²) in [6.45, 7) is 0. The highest BCUT2D eigenvalue weighted by Crippen LogP contribution is 2.49. The van der Waals surface area contributed by atoms with Crippen molar-refractivity contribution in [2.24, 2.45) is 0 Å². The quantitative estimate of drug-likeness (QED) is 0.164. The average Bonchev–Trinajstić information content (AvgIpc) is 4.01. The number of nitrogens with zero attached hydrogens (tertiary/aromatic N) is 2. The lowest BCUT2D eigenvalue weighted by Crippen LogP contribution is -1.95. The zero-order valence-corrected chi connectivity index (χ0v) is 34.8.